The Morgan fingerprint density at radius 2 is 2.11 bits per heavy atom. The van der Waals surface area contributed by atoms with E-state index in [1.54, 1.807) is 0 Å². The van der Waals surface area contributed by atoms with Gasteiger partial charge in [-0.25, -0.2) is 0 Å². The minimum Gasteiger partial charge on any atom is -0.492 e. The molecule has 0 heterocycles. The maximum absolute atomic E-state index is 5.75. The minimum atomic E-state index is 0.552. The van der Waals surface area contributed by atoms with Crippen LogP contribution in [0.3, 0.4) is 0 Å². The molecule has 1 N–H and O–H groups in total. The van der Waals surface area contributed by atoms with Crippen LogP contribution in [0.1, 0.15) is 20.8 Å². The lowest BCUT2D eigenvalue weighted by Crippen LogP contribution is -2.36. The van der Waals surface area contributed by atoms with E-state index in [0.29, 0.717) is 6.04 Å². The summed E-state index contributed by atoms with van der Waals surface area (Å²) in [7, 11) is 0. The molecule has 0 amide bonds. The van der Waals surface area contributed by atoms with E-state index in [1.807, 2.05) is 24.3 Å². The van der Waals surface area contributed by atoms with Gasteiger partial charge in [0.15, 0.2) is 0 Å². The molecule has 0 spiro atoms. The lowest BCUT2D eigenvalue weighted by atomic mass is 10.3. The van der Waals surface area contributed by atoms with Gasteiger partial charge in [-0.1, -0.05) is 42.8 Å². The molecule has 0 saturated heterocycles. The first-order valence-corrected chi connectivity index (χ1v) is 7.75. The topological polar surface area (TPSA) is 24.5 Å². The number of likely N-dealkylation sites (N-methyl/N-ethyl adjacent to an activating group) is 1. The molecular weight excluding hydrogens is 304 g/mol. The van der Waals surface area contributed by atoms with Crippen LogP contribution in [0.15, 0.2) is 28.7 Å². The van der Waals surface area contributed by atoms with Crippen molar-refractivity contribution in [2.45, 2.75) is 26.8 Å². The number of hydrogen-bond donors (Lipinski definition) is 1. The Bertz CT molecular complexity index is 358. The number of rotatable bonds is 9. The summed E-state index contributed by atoms with van der Waals surface area (Å²) in [5, 5.41) is 3.44. The Labute approximate surface area is 125 Å². The van der Waals surface area contributed by atoms with Crippen molar-refractivity contribution in [2.24, 2.45) is 0 Å². The molecule has 1 rings (SSSR count). The van der Waals surface area contributed by atoms with E-state index in [2.05, 4.69) is 46.9 Å². The Morgan fingerprint density at radius 3 is 2.74 bits per heavy atom. The van der Waals surface area contributed by atoms with Crippen molar-refractivity contribution in [2.75, 3.05) is 32.8 Å². The molecule has 0 bridgehead atoms. The van der Waals surface area contributed by atoms with Crippen molar-refractivity contribution in [3.05, 3.63) is 28.7 Å². The van der Waals surface area contributed by atoms with Gasteiger partial charge in [0.25, 0.3) is 0 Å². The van der Waals surface area contributed by atoms with E-state index in [4.69, 9.17) is 4.74 Å². The van der Waals surface area contributed by atoms with E-state index in [-0.39, 0.29) is 0 Å². The molecule has 3 nitrogen and oxygen atoms in total. The van der Waals surface area contributed by atoms with Gasteiger partial charge in [0.05, 0.1) is 0 Å². The third-order valence-electron chi connectivity index (χ3n) is 2.90. The van der Waals surface area contributed by atoms with Crippen LogP contribution in [0.5, 0.6) is 5.75 Å². The highest BCUT2D eigenvalue weighted by atomic mass is 79.9. The normalized spacial score (nSPS) is 11.3. The first-order valence-electron chi connectivity index (χ1n) is 6.96. The zero-order valence-electron chi connectivity index (χ0n) is 12.2. The SMILES string of the molecule is CCN(CCNC(C)C)CCOc1cccc(Br)c1. The maximum atomic E-state index is 5.75. The molecule has 0 aliphatic heterocycles. The molecule has 0 aliphatic carbocycles. The summed E-state index contributed by atoms with van der Waals surface area (Å²) in [4.78, 5) is 2.40. The highest BCUT2D eigenvalue weighted by Gasteiger charge is 2.03. The molecule has 0 fully saturated rings. The molecule has 1 aromatic rings. The van der Waals surface area contributed by atoms with Crippen LogP contribution in [0.4, 0.5) is 0 Å². The van der Waals surface area contributed by atoms with Crippen LogP contribution < -0.4 is 10.1 Å². The predicted molar refractivity (Wildman–Crippen MR) is 84.9 cm³/mol. The van der Waals surface area contributed by atoms with E-state index in [9.17, 15) is 0 Å². The number of ether oxygens (including phenoxy) is 1. The van der Waals surface area contributed by atoms with Gasteiger partial charge < -0.3 is 10.1 Å². The Kier molecular flexibility index (Phi) is 8.10. The summed E-state index contributed by atoms with van der Waals surface area (Å²) in [6.45, 7) is 11.4. The zero-order chi connectivity index (χ0) is 14.1. The highest BCUT2D eigenvalue weighted by Crippen LogP contribution is 2.17. The molecule has 0 aliphatic rings. The summed E-state index contributed by atoms with van der Waals surface area (Å²) in [5.74, 6) is 0.922. The molecule has 0 saturated carbocycles. The van der Waals surface area contributed by atoms with Crippen LogP contribution >= 0.6 is 15.9 Å². The molecule has 0 radical (unpaired) electrons. The van der Waals surface area contributed by atoms with Gasteiger partial charge in [0.1, 0.15) is 12.4 Å². The van der Waals surface area contributed by atoms with Gasteiger partial charge in [0.2, 0.25) is 0 Å². The molecular formula is C15H25BrN2O. The molecule has 4 heteroatoms. The highest BCUT2D eigenvalue weighted by molar-refractivity contribution is 9.10. The van der Waals surface area contributed by atoms with Gasteiger partial charge >= 0.3 is 0 Å². The number of nitrogens with one attached hydrogen (secondary N) is 1. The average Bonchev–Trinajstić information content (AvgIpc) is 2.36. The zero-order valence-corrected chi connectivity index (χ0v) is 13.7. The molecule has 108 valence electrons. The fourth-order valence-corrected chi connectivity index (χ4v) is 2.17. The molecule has 1 aromatic carbocycles. The summed E-state index contributed by atoms with van der Waals surface area (Å²) >= 11 is 3.45. The van der Waals surface area contributed by atoms with Gasteiger partial charge in [-0.3, -0.25) is 4.90 Å². The number of hydrogen-bond acceptors (Lipinski definition) is 3. The third kappa shape index (κ3) is 7.55. The second kappa shape index (κ2) is 9.34. The quantitative estimate of drug-likeness (QED) is 0.753. The van der Waals surface area contributed by atoms with Crippen molar-refractivity contribution in [1.29, 1.82) is 0 Å². The van der Waals surface area contributed by atoms with Crippen molar-refractivity contribution >= 4 is 15.9 Å². The van der Waals surface area contributed by atoms with E-state index in [1.165, 1.54) is 0 Å². The Morgan fingerprint density at radius 1 is 1.32 bits per heavy atom. The lowest BCUT2D eigenvalue weighted by molar-refractivity contribution is 0.215. The van der Waals surface area contributed by atoms with Crippen LogP contribution in [0, 0.1) is 0 Å². The largest absolute Gasteiger partial charge is 0.492 e. The Hall–Kier alpha value is -0.580. The van der Waals surface area contributed by atoms with Crippen molar-refractivity contribution in [3.63, 3.8) is 0 Å². The fraction of sp³-hybridized carbons (Fsp3) is 0.600. The second-order valence-electron chi connectivity index (χ2n) is 4.85. The summed E-state index contributed by atoms with van der Waals surface area (Å²) in [5.41, 5.74) is 0. The summed E-state index contributed by atoms with van der Waals surface area (Å²) in [6, 6.07) is 8.53. The average molecular weight is 329 g/mol. The Balaban J connectivity index is 2.22. The lowest BCUT2D eigenvalue weighted by Gasteiger charge is -2.21. The maximum Gasteiger partial charge on any atom is 0.120 e. The third-order valence-corrected chi connectivity index (χ3v) is 3.39. The van der Waals surface area contributed by atoms with Crippen LogP contribution in [-0.2, 0) is 0 Å². The number of halogens is 1. The monoisotopic (exact) mass is 328 g/mol. The van der Waals surface area contributed by atoms with Crippen molar-refractivity contribution in [1.82, 2.24) is 10.2 Å². The van der Waals surface area contributed by atoms with E-state index >= 15 is 0 Å². The van der Waals surface area contributed by atoms with Crippen LogP contribution in [0.2, 0.25) is 0 Å². The van der Waals surface area contributed by atoms with Gasteiger partial charge in [0, 0.05) is 30.1 Å². The van der Waals surface area contributed by atoms with Crippen LogP contribution in [-0.4, -0.2) is 43.7 Å². The smallest absolute Gasteiger partial charge is 0.120 e. The van der Waals surface area contributed by atoms with Crippen molar-refractivity contribution < 1.29 is 4.74 Å². The second-order valence-corrected chi connectivity index (χ2v) is 5.76. The standard InChI is InChI=1S/C15H25BrN2O/c1-4-18(9-8-17-13(2)3)10-11-19-15-7-5-6-14(16)12-15/h5-7,12-13,17H,4,8-11H2,1-3H3. The molecule has 0 unspecified atom stereocenters. The first kappa shape index (κ1) is 16.5. The van der Waals surface area contributed by atoms with Crippen LogP contribution in [0.25, 0.3) is 0 Å². The van der Waals surface area contributed by atoms with E-state index in [0.717, 1.165) is 43.0 Å². The van der Waals surface area contributed by atoms with Gasteiger partial charge in [-0.15, -0.1) is 0 Å². The summed E-state index contributed by atoms with van der Waals surface area (Å²) in [6.07, 6.45) is 0. The molecule has 0 atom stereocenters. The fourth-order valence-electron chi connectivity index (χ4n) is 1.79. The first-order chi connectivity index (χ1) is 9.11. The van der Waals surface area contributed by atoms with Gasteiger partial charge in [-0.05, 0) is 24.7 Å². The molecule has 19 heavy (non-hydrogen) atoms. The minimum absolute atomic E-state index is 0.552. The number of nitrogens with zero attached hydrogens (tertiary/aromatic N) is 1. The van der Waals surface area contributed by atoms with Gasteiger partial charge in [-0.2, -0.15) is 0 Å². The predicted octanol–water partition coefficient (Wildman–Crippen LogP) is 3.15. The molecule has 0 aromatic heterocycles. The van der Waals surface area contributed by atoms with Crippen molar-refractivity contribution in [3.8, 4) is 5.75 Å². The summed E-state index contributed by atoms with van der Waals surface area (Å²) < 4.78 is 6.81. The van der Waals surface area contributed by atoms with E-state index < -0.39 is 0 Å². The number of benzene rings is 1.